The van der Waals surface area contributed by atoms with Gasteiger partial charge in [-0.3, -0.25) is 9.59 Å². The number of carbonyl (C=O) groups excluding carboxylic acids is 1. The first-order valence-electron chi connectivity index (χ1n) is 7.98. The molecular weight excluding hydrogens is 332 g/mol. The van der Waals surface area contributed by atoms with Gasteiger partial charge in [-0.15, -0.1) is 0 Å². The van der Waals surface area contributed by atoms with E-state index in [0.29, 0.717) is 25.1 Å². The van der Waals surface area contributed by atoms with Crippen molar-refractivity contribution in [3.8, 4) is 0 Å². The Morgan fingerprint density at radius 2 is 1.96 bits per heavy atom. The van der Waals surface area contributed by atoms with E-state index in [4.69, 9.17) is 0 Å². The van der Waals surface area contributed by atoms with Gasteiger partial charge in [0.25, 0.3) is 0 Å². The molecule has 2 aliphatic heterocycles. The lowest BCUT2D eigenvalue weighted by molar-refractivity contribution is -0.140. The summed E-state index contributed by atoms with van der Waals surface area (Å²) in [6.07, 6.45) is 2.48. The van der Waals surface area contributed by atoms with Crippen LogP contribution in [-0.4, -0.2) is 48.8 Å². The summed E-state index contributed by atoms with van der Waals surface area (Å²) in [5.74, 6) is -1.26. The minimum atomic E-state index is -3.90. The fourth-order valence-corrected chi connectivity index (χ4v) is 5.12. The zero-order valence-electron chi connectivity index (χ0n) is 13.4. The van der Waals surface area contributed by atoms with E-state index < -0.39 is 22.0 Å². The number of carboxylic acid groups (broad SMARTS) is 1. The summed E-state index contributed by atoms with van der Waals surface area (Å²) in [7, 11) is -3.90. The highest BCUT2D eigenvalue weighted by Crippen LogP contribution is 2.33. The SMILES string of the molecule is CC(=O)N1CCCc2ccc(S(=O)(=O)N3CCC[C@H]3C(=O)O)cc21. The van der Waals surface area contributed by atoms with Gasteiger partial charge in [-0.1, -0.05) is 6.07 Å². The number of anilines is 1. The van der Waals surface area contributed by atoms with Crippen LogP contribution >= 0.6 is 0 Å². The third-order valence-electron chi connectivity index (χ3n) is 4.65. The lowest BCUT2D eigenvalue weighted by Gasteiger charge is -2.29. The second-order valence-electron chi connectivity index (χ2n) is 6.18. The Hall–Kier alpha value is -1.93. The van der Waals surface area contributed by atoms with E-state index in [9.17, 15) is 23.1 Å². The average Bonchev–Trinajstić information content (AvgIpc) is 3.04. The summed E-state index contributed by atoms with van der Waals surface area (Å²) in [4.78, 5) is 24.7. The molecule has 0 saturated carbocycles. The Morgan fingerprint density at radius 1 is 1.21 bits per heavy atom. The molecule has 1 atom stereocenters. The molecule has 2 aliphatic rings. The number of sulfonamides is 1. The van der Waals surface area contributed by atoms with Crippen molar-refractivity contribution in [1.29, 1.82) is 0 Å². The smallest absolute Gasteiger partial charge is 0.322 e. The van der Waals surface area contributed by atoms with Gasteiger partial charge in [0, 0.05) is 25.7 Å². The molecule has 0 unspecified atom stereocenters. The van der Waals surface area contributed by atoms with Crippen LogP contribution in [0.15, 0.2) is 23.1 Å². The monoisotopic (exact) mass is 352 g/mol. The first-order valence-corrected chi connectivity index (χ1v) is 9.42. The molecule has 3 rings (SSSR count). The topological polar surface area (TPSA) is 95.0 Å². The van der Waals surface area contributed by atoms with Gasteiger partial charge in [-0.05, 0) is 43.4 Å². The zero-order chi connectivity index (χ0) is 17.5. The van der Waals surface area contributed by atoms with Crippen LogP contribution in [0.3, 0.4) is 0 Å². The molecule has 0 radical (unpaired) electrons. The van der Waals surface area contributed by atoms with E-state index in [1.807, 2.05) is 0 Å². The van der Waals surface area contributed by atoms with Gasteiger partial charge in [-0.2, -0.15) is 4.31 Å². The average molecular weight is 352 g/mol. The van der Waals surface area contributed by atoms with Crippen LogP contribution < -0.4 is 4.90 Å². The highest BCUT2D eigenvalue weighted by Gasteiger charge is 2.39. The number of amides is 1. The summed E-state index contributed by atoms with van der Waals surface area (Å²) >= 11 is 0. The molecule has 1 fully saturated rings. The third-order valence-corrected chi connectivity index (χ3v) is 6.56. The minimum Gasteiger partial charge on any atom is -0.480 e. The number of carboxylic acids is 1. The molecule has 0 aromatic heterocycles. The number of nitrogens with zero attached hydrogens (tertiary/aromatic N) is 2. The van der Waals surface area contributed by atoms with E-state index in [0.717, 1.165) is 22.7 Å². The number of carbonyl (C=O) groups is 2. The number of hydrogen-bond acceptors (Lipinski definition) is 4. The van der Waals surface area contributed by atoms with E-state index in [1.54, 1.807) is 11.0 Å². The molecule has 130 valence electrons. The minimum absolute atomic E-state index is 0.0440. The maximum atomic E-state index is 12.9. The maximum absolute atomic E-state index is 12.9. The number of aliphatic carboxylic acids is 1. The molecule has 7 nitrogen and oxygen atoms in total. The van der Waals surface area contributed by atoms with Gasteiger partial charge >= 0.3 is 5.97 Å². The highest BCUT2D eigenvalue weighted by molar-refractivity contribution is 7.89. The number of hydrogen-bond donors (Lipinski definition) is 1. The molecule has 1 amide bonds. The summed E-state index contributed by atoms with van der Waals surface area (Å²) in [6.45, 7) is 2.22. The molecule has 2 heterocycles. The Morgan fingerprint density at radius 3 is 2.62 bits per heavy atom. The lowest BCUT2D eigenvalue weighted by Crippen LogP contribution is -2.40. The normalized spacial score (nSPS) is 21.5. The van der Waals surface area contributed by atoms with Gasteiger partial charge in [0.1, 0.15) is 6.04 Å². The van der Waals surface area contributed by atoms with Crippen molar-refractivity contribution in [3.05, 3.63) is 23.8 Å². The van der Waals surface area contributed by atoms with E-state index >= 15 is 0 Å². The van der Waals surface area contributed by atoms with Crippen LogP contribution in [0.4, 0.5) is 5.69 Å². The summed E-state index contributed by atoms with van der Waals surface area (Å²) < 4.78 is 26.8. The Balaban J connectivity index is 2.02. The third kappa shape index (κ3) is 2.80. The number of benzene rings is 1. The molecule has 1 aromatic rings. The van der Waals surface area contributed by atoms with Crippen LogP contribution in [0.2, 0.25) is 0 Å². The van der Waals surface area contributed by atoms with Crippen LogP contribution in [-0.2, 0) is 26.0 Å². The lowest BCUT2D eigenvalue weighted by atomic mass is 10.0. The van der Waals surface area contributed by atoms with Gasteiger partial charge in [0.2, 0.25) is 15.9 Å². The van der Waals surface area contributed by atoms with Crippen molar-refractivity contribution in [3.63, 3.8) is 0 Å². The number of fused-ring (bicyclic) bond motifs is 1. The second-order valence-corrected chi connectivity index (χ2v) is 8.07. The van der Waals surface area contributed by atoms with Crippen molar-refractivity contribution in [2.24, 2.45) is 0 Å². The quantitative estimate of drug-likeness (QED) is 0.883. The molecule has 0 aliphatic carbocycles. The fourth-order valence-electron chi connectivity index (χ4n) is 3.45. The second kappa shape index (κ2) is 6.18. The summed E-state index contributed by atoms with van der Waals surface area (Å²) in [5, 5.41) is 9.24. The number of rotatable bonds is 3. The van der Waals surface area contributed by atoms with Gasteiger partial charge in [0.15, 0.2) is 0 Å². The van der Waals surface area contributed by atoms with Gasteiger partial charge in [-0.25, -0.2) is 8.42 Å². The maximum Gasteiger partial charge on any atom is 0.322 e. The van der Waals surface area contributed by atoms with Crippen LogP contribution in [0.25, 0.3) is 0 Å². The first kappa shape index (κ1) is 16.9. The van der Waals surface area contributed by atoms with E-state index in [2.05, 4.69) is 0 Å². The first-order chi connectivity index (χ1) is 11.3. The highest BCUT2D eigenvalue weighted by atomic mass is 32.2. The zero-order valence-corrected chi connectivity index (χ0v) is 14.3. The summed E-state index contributed by atoms with van der Waals surface area (Å²) in [5.41, 5.74) is 1.55. The van der Waals surface area contributed by atoms with Crippen molar-refractivity contribution in [2.45, 2.75) is 43.5 Å². The Kier molecular flexibility index (Phi) is 4.35. The molecule has 0 bridgehead atoms. The van der Waals surface area contributed by atoms with Crippen LogP contribution in [0.1, 0.15) is 31.7 Å². The molecule has 1 N–H and O–H groups in total. The fraction of sp³-hybridized carbons (Fsp3) is 0.500. The van der Waals surface area contributed by atoms with Gasteiger partial charge < -0.3 is 10.0 Å². The van der Waals surface area contributed by atoms with Crippen LogP contribution in [0.5, 0.6) is 0 Å². The molecule has 24 heavy (non-hydrogen) atoms. The predicted octanol–water partition coefficient (Wildman–Crippen LogP) is 1.22. The predicted molar refractivity (Wildman–Crippen MR) is 87.3 cm³/mol. The van der Waals surface area contributed by atoms with Gasteiger partial charge in [0.05, 0.1) is 4.90 Å². The van der Waals surface area contributed by atoms with Crippen molar-refractivity contribution in [1.82, 2.24) is 4.31 Å². The molecule has 1 aromatic carbocycles. The van der Waals surface area contributed by atoms with Crippen LogP contribution in [0, 0.1) is 0 Å². The van der Waals surface area contributed by atoms with Crippen molar-refractivity contribution in [2.75, 3.05) is 18.0 Å². The van der Waals surface area contributed by atoms with Crippen molar-refractivity contribution >= 4 is 27.6 Å². The molecule has 1 saturated heterocycles. The Bertz CT molecular complexity index is 790. The van der Waals surface area contributed by atoms with E-state index in [1.165, 1.54) is 19.1 Å². The molecule has 0 spiro atoms. The number of aryl methyl sites for hydroxylation is 1. The van der Waals surface area contributed by atoms with Crippen molar-refractivity contribution < 1.29 is 23.1 Å². The molecule has 8 heteroatoms. The largest absolute Gasteiger partial charge is 0.480 e. The summed E-state index contributed by atoms with van der Waals surface area (Å²) in [6, 6.07) is 3.72. The molecular formula is C16H20N2O5S. The van der Waals surface area contributed by atoms with E-state index in [-0.39, 0.29) is 17.3 Å². The Labute approximate surface area is 140 Å². The standard InChI is InChI=1S/C16H20N2O5S/c1-11(19)17-8-2-4-12-6-7-13(10-15(12)17)24(22,23)18-9-3-5-14(18)16(20)21/h6-7,10,14H,2-5,8-9H2,1H3,(H,20,21)/t14-/m0/s1.